The van der Waals surface area contributed by atoms with E-state index in [0.29, 0.717) is 6.61 Å². The molecule has 0 bridgehead atoms. The van der Waals surface area contributed by atoms with Crippen molar-refractivity contribution >= 4 is 23.5 Å². The van der Waals surface area contributed by atoms with Gasteiger partial charge in [0.15, 0.2) is 0 Å². The summed E-state index contributed by atoms with van der Waals surface area (Å²) in [6.07, 6.45) is 16.4. The van der Waals surface area contributed by atoms with Crippen molar-refractivity contribution in [1.29, 1.82) is 0 Å². The monoisotopic (exact) mass is 514 g/mol. The third-order valence-corrected chi connectivity index (χ3v) is 7.15. The van der Waals surface area contributed by atoms with Crippen molar-refractivity contribution in [2.45, 2.75) is 148 Å². The Balaban J connectivity index is 4.45. The van der Waals surface area contributed by atoms with Crippen LogP contribution in [-0.2, 0) is 23.1 Å². The van der Waals surface area contributed by atoms with Gasteiger partial charge in [-0.25, -0.2) is 4.57 Å². The van der Waals surface area contributed by atoms with Crippen molar-refractivity contribution in [2.24, 2.45) is 0 Å². The molecule has 35 heavy (non-hydrogen) atoms. The highest BCUT2D eigenvalue weighted by Gasteiger charge is 2.28. The second kappa shape index (κ2) is 24.5. The first kappa shape index (κ1) is 35.2. The molecule has 4 radical (unpaired) electrons. The number of phosphoric ester groups is 1. The van der Waals surface area contributed by atoms with Gasteiger partial charge in [-0.3, -0.25) is 9.05 Å². The molecule has 9 heteroatoms. The standard InChI is InChI=1S/C26H53B2O6P/c1-4-7-10-12-15-18-24(17-14-9-6-3)32-22-26(21-28)34-35(29,30)33-23-25(20-27)31-19-16-13-11-8-5-2/h24-26H,4-23H2,1-3H3,(H,29,30)/t24?,25-,26-/m1/s1. The summed E-state index contributed by atoms with van der Waals surface area (Å²) in [5.41, 5.74) is 0. The Kier molecular flexibility index (Phi) is 24.6. The maximum Gasteiger partial charge on any atom is 0.472 e. The number of hydrogen-bond acceptors (Lipinski definition) is 5. The van der Waals surface area contributed by atoms with Crippen LogP contribution in [0.25, 0.3) is 0 Å². The van der Waals surface area contributed by atoms with Gasteiger partial charge in [0.2, 0.25) is 0 Å². The molecule has 0 saturated carbocycles. The molecule has 2 unspecified atom stereocenters. The zero-order valence-corrected chi connectivity index (χ0v) is 23.9. The Labute approximate surface area is 219 Å². The predicted octanol–water partition coefficient (Wildman–Crippen LogP) is 7.34. The molecule has 0 aromatic heterocycles. The van der Waals surface area contributed by atoms with E-state index < -0.39 is 20.0 Å². The molecule has 0 aliphatic carbocycles. The molecule has 0 rings (SSSR count). The minimum atomic E-state index is -4.30. The van der Waals surface area contributed by atoms with Gasteiger partial charge in [0.1, 0.15) is 0 Å². The fourth-order valence-electron chi connectivity index (χ4n) is 3.83. The molecule has 0 amide bonds. The van der Waals surface area contributed by atoms with Crippen LogP contribution in [0.3, 0.4) is 0 Å². The summed E-state index contributed by atoms with van der Waals surface area (Å²) < 4.78 is 34.8. The topological polar surface area (TPSA) is 74.2 Å². The van der Waals surface area contributed by atoms with Crippen LogP contribution in [0.5, 0.6) is 0 Å². The Morgan fingerprint density at radius 2 is 1.17 bits per heavy atom. The van der Waals surface area contributed by atoms with Crippen LogP contribution < -0.4 is 0 Å². The lowest BCUT2D eigenvalue weighted by atomic mass is 10.00. The normalized spacial score (nSPS) is 16.1. The third kappa shape index (κ3) is 21.9. The van der Waals surface area contributed by atoms with Gasteiger partial charge in [0.05, 0.1) is 47.2 Å². The molecule has 0 aromatic rings. The first-order chi connectivity index (χ1) is 16.9. The predicted molar refractivity (Wildman–Crippen MR) is 148 cm³/mol. The maximum atomic E-state index is 12.5. The second-order valence-corrected chi connectivity index (χ2v) is 10.9. The molecule has 1 N–H and O–H groups in total. The Morgan fingerprint density at radius 1 is 0.657 bits per heavy atom. The van der Waals surface area contributed by atoms with Gasteiger partial charge < -0.3 is 14.4 Å². The summed E-state index contributed by atoms with van der Waals surface area (Å²) in [5.74, 6) is 0. The average molecular weight is 514 g/mol. The Morgan fingerprint density at radius 3 is 1.74 bits per heavy atom. The van der Waals surface area contributed by atoms with Crippen molar-refractivity contribution in [2.75, 3.05) is 19.8 Å². The van der Waals surface area contributed by atoms with Crippen molar-refractivity contribution in [1.82, 2.24) is 0 Å². The lowest BCUT2D eigenvalue weighted by molar-refractivity contribution is -0.0216. The highest BCUT2D eigenvalue weighted by molar-refractivity contribution is 7.47. The van der Waals surface area contributed by atoms with E-state index >= 15 is 0 Å². The molecule has 0 heterocycles. The van der Waals surface area contributed by atoms with E-state index in [-0.39, 0.29) is 32.0 Å². The van der Waals surface area contributed by atoms with E-state index in [9.17, 15) is 9.46 Å². The molecule has 0 aliphatic rings. The zero-order chi connectivity index (χ0) is 26.2. The van der Waals surface area contributed by atoms with E-state index in [1.165, 1.54) is 51.4 Å². The lowest BCUT2D eigenvalue weighted by Crippen LogP contribution is -2.25. The molecule has 0 saturated heterocycles. The molecule has 6 nitrogen and oxygen atoms in total. The average Bonchev–Trinajstić information content (AvgIpc) is 2.85. The van der Waals surface area contributed by atoms with Crippen LogP contribution in [-0.4, -0.2) is 58.7 Å². The van der Waals surface area contributed by atoms with Gasteiger partial charge >= 0.3 is 7.82 Å². The van der Waals surface area contributed by atoms with Crippen LogP contribution in [0.2, 0.25) is 12.6 Å². The molecular formula is C26H53B2O6P. The molecule has 204 valence electrons. The number of unbranched alkanes of at least 4 members (excludes halogenated alkanes) is 10. The van der Waals surface area contributed by atoms with Gasteiger partial charge in [0.25, 0.3) is 0 Å². The number of hydrogen-bond donors (Lipinski definition) is 1. The first-order valence-corrected chi connectivity index (χ1v) is 15.7. The van der Waals surface area contributed by atoms with Crippen LogP contribution in [0, 0.1) is 0 Å². The maximum absolute atomic E-state index is 12.5. The van der Waals surface area contributed by atoms with Crippen LogP contribution in [0.4, 0.5) is 0 Å². The van der Waals surface area contributed by atoms with Gasteiger partial charge in [0, 0.05) is 6.61 Å². The molecule has 0 aliphatic heterocycles. The molecule has 0 aromatic carbocycles. The molecular weight excluding hydrogens is 461 g/mol. The number of rotatable bonds is 27. The summed E-state index contributed by atoms with van der Waals surface area (Å²) >= 11 is 0. The smallest absolute Gasteiger partial charge is 0.377 e. The van der Waals surface area contributed by atoms with Crippen molar-refractivity contribution in [3.8, 4) is 0 Å². The third-order valence-electron chi connectivity index (χ3n) is 6.11. The fourth-order valence-corrected chi connectivity index (χ4v) is 4.77. The molecule has 0 spiro atoms. The van der Waals surface area contributed by atoms with Gasteiger partial charge in [-0.15, -0.1) is 0 Å². The minimum absolute atomic E-state index is 0.0701. The largest absolute Gasteiger partial charge is 0.472 e. The van der Waals surface area contributed by atoms with Gasteiger partial charge in [-0.2, -0.15) is 0 Å². The highest BCUT2D eigenvalue weighted by atomic mass is 31.2. The van der Waals surface area contributed by atoms with Crippen molar-refractivity contribution < 1.29 is 28.0 Å². The minimum Gasteiger partial charge on any atom is -0.377 e. The van der Waals surface area contributed by atoms with Crippen molar-refractivity contribution in [3.05, 3.63) is 0 Å². The first-order valence-electron chi connectivity index (χ1n) is 14.2. The summed E-state index contributed by atoms with van der Waals surface area (Å²) in [5, 5.41) is 0. The fraction of sp³-hybridized carbons (Fsp3) is 1.00. The molecule has 4 atom stereocenters. The highest BCUT2D eigenvalue weighted by Crippen LogP contribution is 2.45. The lowest BCUT2D eigenvalue weighted by Gasteiger charge is -2.24. The molecule has 0 fully saturated rings. The van der Waals surface area contributed by atoms with Crippen LogP contribution in [0.1, 0.15) is 117 Å². The summed E-state index contributed by atoms with van der Waals surface area (Å²) in [6.45, 7) is 7.20. The summed E-state index contributed by atoms with van der Waals surface area (Å²) in [6, 6.07) is 0. The van der Waals surface area contributed by atoms with Gasteiger partial charge in [-0.1, -0.05) is 110 Å². The summed E-state index contributed by atoms with van der Waals surface area (Å²) in [4.78, 5) is 10.2. The van der Waals surface area contributed by atoms with E-state index in [0.717, 1.165) is 44.9 Å². The van der Waals surface area contributed by atoms with E-state index in [1.54, 1.807) is 0 Å². The van der Waals surface area contributed by atoms with E-state index in [1.807, 2.05) is 0 Å². The zero-order valence-electron chi connectivity index (χ0n) is 23.0. The number of phosphoric acid groups is 1. The Hall–Kier alpha value is 0.160. The van der Waals surface area contributed by atoms with E-state index in [4.69, 9.17) is 34.2 Å². The quantitative estimate of drug-likeness (QED) is 0.0703. The van der Waals surface area contributed by atoms with E-state index in [2.05, 4.69) is 20.8 Å². The second-order valence-electron chi connectivity index (χ2n) is 9.52. The van der Waals surface area contributed by atoms with Crippen LogP contribution in [0.15, 0.2) is 0 Å². The Bertz CT molecular complexity index is 500. The van der Waals surface area contributed by atoms with Crippen LogP contribution >= 0.6 is 7.82 Å². The van der Waals surface area contributed by atoms with Crippen molar-refractivity contribution in [3.63, 3.8) is 0 Å². The number of ether oxygens (including phenoxy) is 2. The SMILES string of the molecule is [B]C[C@H](COP(=O)(O)O[C@H](C[B])COC(CCCCC)CCCCCCC)OCCCCCCC. The summed E-state index contributed by atoms with van der Waals surface area (Å²) in [7, 11) is 7.23. The van der Waals surface area contributed by atoms with Gasteiger partial charge in [-0.05, 0) is 19.3 Å².